The molecule has 1 radical (unpaired) electrons. The molecule has 75 valence electrons. The van der Waals surface area contributed by atoms with Gasteiger partial charge < -0.3 is 4.90 Å². The molecule has 0 saturated carbocycles. The maximum Gasteiger partial charge on any atom is 0.193 e. The van der Waals surface area contributed by atoms with Crippen molar-refractivity contribution in [2.24, 2.45) is 0 Å². The van der Waals surface area contributed by atoms with E-state index in [0.29, 0.717) is 16.6 Å². The van der Waals surface area contributed by atoms with Crippen molar-refractivity contribution in [3.8, 4) is 6.07 Å². The topological polar surface area (TPSA) is 44.9 Å². The zero-order valence-corrected chi connectivity index (χ0v) is 9.08. The first-order valence-corrected chi connectivity index (χ1v) is 4.65. The molecule has 4 nitrogen and oxygen atoms in total. The second kappa shape index (κ2) is 3.44. The van der Waals surface area contributed by atoms with Gasteiger partial charge in [-0.25, -0.2) is 9.07 Å². The molecule has 0 saturated heterocycles. The molecule has 0 aliphatic rings. The van der Waals surface area contributed by atoms with Gasteiger partial charge in [-0.15, -0.1) is 0 Å². The van der Waals surface area contributed by atoms with Gasteiger partial charge in [-0.05, 0) is 12.1 Å². The highest BCUT2D eigenvalue weighted by Crippen LogP contribution is 2.26. The van der Waals surface area contributed by atoms with Crippen molar-refractivity contribution in [2.45, 2.75) is 0 Å². The molecule has 0 spiro atoms. The zero-order chi connectivity index (χ0) is 11.0. The number of nitriles is 1. The van der Waals surface area contributed by atoms with E-state index in [-0.39, 0.29) is 0 Å². The SMILES string of the molecule is CN(C)c1ccc2c(n[c]n2Cl)c1C#N. The van der Waals surface area contributed by atoms with Crippen molar-refractivity contribution >= 4 is 28.5 Å². The van der Waals surface area contributed by atoms with Crippen LogP contribution in [0.15, 0.2) is 12.1 Å². The number of rotatable bonds is 1. The van der Waals surface area contributed by atoms with Crippen molar-refractivity contribution in [2.75, 3.05) is 19.0 Å². The summed E-state index contributed by atoms with van der Waals surface area (Å²) >= 11 is 5.81. The molecule has 5 heteroatoms. The smallest absolute Gasteiger partial charge is 0.193 e. The van der Waals surface area contributed by atoms with Crippen LogP contribution in [0.25, 0.3) is 11.0 Å². The summed E-state index contributed by atoms with van der Waals surface area (Å²) in [5.41, 5.74) is 2.62. The van der Waals surface area contributed by atoms with E-state index in [1.54, 1.807) is 0 Å². The van der Waals surface area contributed by atoms with Gasteiger partial charge >= 0.3 is 0 Å². The maximum absolute atomic E-state index is 9.09. The molecule has 2 aromatic rings. The Hall–Kier alpha value is -1.73. The Bertz CT molecular complexity index is 550. The summed E-state index contributed by atoms with van der Waals surface area (Å²) in [6.45, 7) is 0. The number of hydrogen-bond donors (Lipinski definition) is 0. The third-order valence-electron chi connectivity index (χ3n) is 2.19. The Morgan fingerprint density at radius 3 is 2.87 bits per heavy atom. The van der Waals surface area contributed by atoms with Crippen molar-refractivity contribution < 1.29 is 0 Å². The maximum atomic E-state index is 9.09. The molecule has 0 atom stereocenters. The van der Waals surface area contributed by atoms with Crippen LogP contribution in [0.2, 0.25) is 0 Å². The lowest BCUT2D eigenvalue weighted by Crippen LogP contribution is -2.10. The summed E-state index contributed by atoms with van der Waals surface area (Å²) in [6, 6.07) is 5.80. The van der Waals surface area contributed by atoms with Gasteiger partial charge in [0.25, 0.3) is 0 Å². The average Bonchev–Trinajstić information content (AvgIpc) is 2.59. The van der Waals surface area contributed by atoms with Crippen LogP contribution in [0.4, 0.5) is 5.69 Å². The lowest BCUT2D eigenvalue weighted by atomic mass is 10.1. The fourth-order valence-electron chi connectivity index (χ4n) is 1.47. The van der Waals surface area contributed by atoms with Gasteiger partial charge in [0, 0.05) is 25.9 Å². The molecule has 1 heterocycles. The average molecular weight is 220 g/mol. The largest absolute Gasteiger partial charge is 0.377 e. The van der Waals surface area contributed by atoms with E-state index >= 15 is 0 Å². The van der Waals surface area contributed by atoms with E-state index in [1.165, 1.54) is 4.09 Å². The molecule has 0 amide bonds. The van der Waals surface area contributed by atoms with Crippen LogP contribution < -0.4 is 4.90 Å². The Morgan fingerprint density at radius 2 is 2.27 bits per heavy atom. The van der Waals surface area contributed by atoms with E-state index < -0.39 is 0 Å². The molecule has 15 heavy (non-hydrogen) atoms. The summed E-state index contributed by atoms with van der Waals surface area (Å²) in [6.07, 6.45) is 2.58. The van der Waals surface area contributed by atoms with Crippen LogP contribution in [-0.2, 0) is 0 Å². The van der Waals surface area contributed by atoms with Gasteiger partial charge in [-0.2, -0.15) is 5.26 Å². The molecule has 0 aliphatic heterocycles. The Kier molecular flexibility index (Phi) is 2.25. The Labute approximate surface area is 92.4 Å². The second-order valence-corrected chi connectivity index (χ2v) is 3.66. The number of imidazole rings is 1. The van der Waals surface area contributed by atoms with E-state index in [4.69, 9.17) is 17.0 Å². The standard InChI is InChI=1S/C10H8ClN4/c1-14(2)8-3-4-9-10(7(8)5-12)13-6-15(9)11/h3-4H,1-2H3. The highest BCUT2D eigenvalue weighted by atomic mass is 35.5. The lowest BCUT2D eigenvalue weighted by molar-refractivity contribution is 1.13. The van der Waals surface area contributed by atoms with Gasteiger partial charge in [-0.3, -0.25) is 0 Å². The molecule has 0 aliphatic carbocycles. The first kappa shape index (κ1) is 9.81. The Balaban J connectivity index is 2.84. The minimum absolute atomic E-state index is 0.521. The number of fused-ring (bicyclic) bond motifs is 1. The number of hydrogen-bond acceptors (Lipinski definition) is 3. The summed E-state index contributed by atoms with van der Waals surface area (Å²) in [5, 5.41) is 9.09. The number of benzene rings is 1. The van der Waals surface area contributed by atoms with Crippen LogP contribution in [0, 0.1) is 17.7 Å². The number of anilines is 1. The first-order chi connectivity index (χ1) is 7.15. The lowest BCUT2D eigenvalue weighted by Gasteiger charge is -2.13. The minimum atomic E-state index is 0.521. The molecule has 1 aromatic heterocycles. The normalized spacial score (nSPS) is 10.3. The monoisotopic (exact) mass is 219 g/mol. The van der Waals surface area contributed by atoms with E-state index in [2.05, 4.69) is 17.4 Å². The number of aromatic nitrogens is 2. The number of halogens is 1. The molecular formula is C10H8ClN4. The molecule has 0 fully saturated rings. The fourth-order valence-corrected chi connectivity index (χ4v) is 1.65. The van der Waals surface area contributed by atoms with Crippen molar-refractivity contribution in [1.82, 2.24) is 9.07 Å². The molecular weight excluding hydrogens is 212 g/mol. The second-order valence-electron chi connectivity index (χ2n) is 3.33. The molecule has 2 rings (SSSR count). The summed E-state index contributed by atoms with van der Waals surface area (Å²) in [5.74, 6) is 0. The molecule has 1 aromatic carbocycles. The van der Waals surface area contributed by atoms with Gasteiger partial charge in [0.2, 0.25) is 0 Å². The highest BCUT2D eigenvalue weighted by molar-refractivity contribution is 6.18. The minimum Gasteiger partial charge on any atom is -0.377 e. The van der Waals surface area contributed by atoms with Crippen LogP contribution in [0.3, 0.4) is 0 Å². The van der Waals surface area contributed by atoms with Crippen LogP contribution in [-0.4, -0.2) is 23.2 Å². The summed E-state index contributed by atoms with van der Waals surface area (Å²) in [7, 11) is 3.76. The van der Waals surface area contributed by atoms with Gasteiger partial charge in [-0.1, -0.05) is 0 Å². The zero-order valence-electron chi connectivity index (χ0n) is 8.32. The van der Waals surface area contributed by atoms with Crippen molar-refractivity contribution in [1.29, 1.82) is 5.26 Å². The van der Waals surface area contributed by atoms with Crippen molar-refractivity contribution in [3.63, 3.8) is 0 Å². The van der Waals surface area contributed by atoms with Gasteiger partial charge in [0.05, 0.1) is 11.2 Å². The van der Waals surface area contributed by atoms with Gasteiger partial charge in [0.1, 0.15) is 17.1 Å². The summed E-state index contributed by atoms with van der Waals surface area (Å²) in [4.78, 5) is 5.86. The van der Waals surface area contributed by atoms with E-state index in [9.17, 15) is 0 Å². The quantitative estimate of drug-likeness (QED) is 0.735. The third kappa shape index (κ3) is 1.41. The summed E-state index contributed by atoms with van der Waals surface area (Å²) < 4.78 is 1.26. The van der Waals surface area contributed by atoms with Crippen LogP contribution in [0.1, 0.15) is 5.56 Å². The molecule has 0 bridgehead atoms. The molecule has 0 N–H and O–H groups in total. The first-order valence-electron chi connectivity index (χ1n) is 4.32. The van der Waals surface area contributed by atoms with E-state index in [0.717, 1.165) is 5.69 Å². The fraction of sp³-hybridized carbons (Fsp3) is 0.200. The third-order valence-corrected chi connectivity index (χ3v) is 2.45. The Morgan fingerprint density at radius 1 is 1.53 bits per heavy atom. The van der Waals surface area contributed by atoms with Gasteiger partial charge in [0.15, 0.2) is 6.33 Å². The highest BCUT2D eigenvalue weighted by Gasteiger charge is 2.12. The predicted molar refractivity (Wildman–Crippen MR) is 58.9 cm³/mol. The van der Waals surface area contributed by atoms with Crippen LogP contribution in [0.5, 0.6) is 0 Å². The predicted octanol–water partition coefficient (Wildman–Crippen LogP) is 1.78. The van der Waals surface area contributed by atoms with Crippen LogP contribution >= 0.6 is 11.8 Å². The van der Waals surface area contributed by atoms with E-state index in [1.807, 2.05) is 31.1 Å². The number of nitrogens with zero attached hydrogens (tertiary/aromatic N) is 4. The molecule has 0 unspecified atom stereocenters. The van der Waals surface area contributed by atoms with Crippen molar-refractivity contribution in [3.05, 3.63) is 24.0 Å².